The van der Waals surface area contributed by atoms with Crippen molar-refractivity contribution in [1.29, 1.82) is 10.5 Å². The van der Waals surface area contributed by atoms with Crippen molar-refractivity contribution in [3.8, 4) is 12.1 Å². The Morgan fingerprint density at radius 2 is 1.68 bits per heavy atom. The number of nitrogens with zero attached hydrogens (tertiary/aromatic N) is 4. The lowest BCUT2D eigenvalue weighted by Gasteiger charge is -2.17. The lowest BCUT2D eigenvalue weighted by molar-refractivity contribution is -0.121. The van der Waals surface area contributed by atoms with E-state index in [-0.39, 0.29) is 16.9 Å². The summed E-state index contributed by atoms with van der Waals surface area (Å²) in [6.07, 6.45) is 4.45. The molecule has 41 heavy (non-hydrogen) atoms. The molecule has 2 heterocycles. The smallest absolute Gasteiger partial charge is 0.262 e. The van der Waals surface area contributed by atoms with E-state index >= 15 is 0 Å². The van der Waals surface area contributed by atoms with Crippen molar-refractivity contribution < 1.29 is 14.4 Å². The van der Waals surface area contributed by atoms with E-state index in [9.17, 15) is 24.9 Å². The summed E-state index contributed by atoms with van der Waals surface area (Å²) in [7, 11) is 0. The molecule has 0 saturated heterocycles. The highest BCUT2D eigenvalue weighted by Crippen LogP contribution is 2.30. The van der Waals surface area contributed by atoms with Gasteiger partial charge in [-0.3, -0.25) is 14.4 Å². The summed E-state index contributed by atoms with van der Waals surface area (Å²) in [5.41, 5.74) is 1.50. The van der Waals surface area contributed by atoms with Crippen LogP contribution in [0.2, 0.25) is 0 Å². The first-order valence-electron chi connectivity index (χ1n) is 13.4. The largest absolute Gasteiger partial charge is 0.355 e. The van der Waals surface area contributed by atoms with E-state index in [1.165, 1.54) is 6.20 Å². The SMILES string of the molecule is CCCNC(=O)C(C#N)=C(c1ccc(Nc2cnc3[nH]cc(C(=O)C(C)(C)C)c3n2)cc1)C(C#N)C(=O)NCCC. The predicted molar refractivity (Wildman–Crippen MR) is 156 cm³/mol. The average molecular weight is 555 g/mol. The van der Waals surface area contributed by atoms with Gasteiger partial charge in [0, 0.05) is 36.0 Å². The van der Waals surface area contributed by atoms with Crippen molar-refractivity contribution in [3.63, 3.8) is 0 Å². The number of nitriles is 2. The maximum Gasteiger partial charge on any atom is 0.262 e. The second-order valence-corrected chi connectivity index (χ2v) is 10.4. The summed E-state index contributed by atoms with van der Waals surface area (Å²) in [4.78, 5) is 50.5. The number of nitrogens with one attached hydrogen (secondary N) is 4. The van der Waals surface area contributed by atoms with E-state index in [0.29, 0.717) is 59.7 Å². The molecule has 3 rings (SSSR count). The molecule has 0 aliphatic carbocycles. The summed E-state index contributed by atoms with van der Waals surface area (Å²) in [5, 5.41) is 28.3. The standard InChI is InChI=1S/C30H34N8O3/c1-6-12-33-28(40)20(14-31)24(21(15-32)29(41)34-13-7-2)18-8-10-19(11-9-18)37-23-17-36-27-25(38-23)22(16-35-27)26(39)30(3,4)5/h8-11,16-17,20H,6-7,12-13H2,1-5H3,(H,33,40)(H,34,41)(H,35,36)(H,37,38). The van der Waals surface area contributed by atoms with Crippen LogP contribution < -0.4 is 16.0 Å². The molecule has 0 fully saturated rings. The summed E-state index contributed by atoms with van der Waals surface area (Å²) < 4.78 is 0. The summed E-state index contributed by atoms with van der Waals surface area (Å²) >= 11 is 0. The van der Waals surface area contributed by atoms with E-state index < -0.39 is 23.1 Å². The monoisotopic (exact) mass is 554 g/mol. The Hall–Kier alpha value is -5.03. The van der Waals surface area contributed by atoms with Crippen molar-refractivity contribution in [2.45, 2.75) is 47.5 Å². The zero-order chi connectivity index (χ0) is 30.2. The predicted octanol–water partition coefficient (Wildman–Crippen LogP) is 4.40. The van der Waals surface area contributed by atoms with Gasteiger partial charge in [-0.25, -0.2) is 9.97 Å². The minimum absolute atomic E-state index is 0.0302. The Morgan fingerprint density at radius 3 is 2.27 bits per heavy atom. The molecule has 0 aliphatic rings. The van der Waals surface area contributed by atoms with Crippen LogP contribution in [-0.2, 0) is 9.59 Å². The van der Waals surface area contributed by atoms with Gasteiger partial charge in [-0.1, -0.05) is 46.8 Å². The average Bonchev–Trinajstić information content (AvgIpc) is 3.37. The molecule has 2 amide bonds. The summed E-state index contributed by atoms with van der Waals surface area (Å²) in [6, 6.07) is 10.5. The molecule has 0 radical (unpaired) electrons. The van der Waals surface area contributed by atoms with Crippen LogP contribution in [0, 0.1) is 34.0 Å². The number of carbonyl (C=O) groups is 3. The first-order valence-corrected chi connectivity index (χ1v) is 13.4. The van der Waals surface area contributed by atoms with Gasteiger partial charge < -0.3 is 20.9 Å². The molecule has 4 N–H and O–H groups in total. The van der Waals surface area contributed by atoms with Crippen LogP contribution in [0.25, 0.3) is 16.7 Å². The third kappa shape index (κ3) is 7.14. The lowest BCUT2D eigenvalue weighted by atomic mass is 9.87. The number of H-pyrrole nitrogens is 1. The van der Waals surface area contributed by atoms with Gasteiger partial charge in [-0.05, 0) is 30.5 Å². The summed E-state index contributed by atoms with van der Waals surface area (Å²) in [6.45, 7) is 9.96. The van der Waals surface area contributed by atoms with Crippen LogP contribution in [0.3, 0.4) is 0 Å². The third-order valence-corrected chi connectivity index (χ3v) is 6.15. The number of carbonyl (C=O) groups excluding carboxylic acids is 3. The second-order valence-electron chi connectivity index (χ2n) is 10.4. The van der Waals surface area contributed by atoms with Gasteiger partial charge in [0.1, 0.15) is 23.0 Å². The topological polar surface area (TPSA) is 176 Å². The molecule has 0 aliphatic heterocycles. The Kier molecular flexibility index (Phi) is 9.94. The van der Waals surface area contributed by atoms with Gasteiger partial charge in [0.05, 0.1) is 17.8 Å². The Morgan fingerprint density at radius 1 is 1.02 bits per heavy atom. The number of aromatic amines is 1. The number of ketones is 1. The molecule has 1 unspecified atom stereocenters. The van der Waals surface area contributed by atoms with Gasteiger partial charge in [0.2, 0.25) is 5.91 Å². The van der Waals surface area contributed by atoms with Gasteiger partial charge in [0.15, 0.2) is 17.3 Å². The van der Waals surface area contributed by atoms with Gasteiger partial charge >= 0.3 is 0 Å². The maximum atomic E-state index is 12.9. The van der Waals surface area contributed by atoms with Crippen molar-refractivity contribution >= 4 is 45.8 Å². The summed E-state index contributed by atoms with van der Waals surface area (Å²) in [5.74, 6) is -2.27. The molecule has 0 saturated carbocycles. The first-order chi connectivity index (χ1) is 19.5. The number of amides is 2. The van der Waals surface area contributed by atoms with Crippen molar-refractivity contribution in [2.75, 3.05) is 18.4 Å². The number of fused-ring (bicyclic) bond motifs is 1. The number of hydrogen-bond donors (Lipinski definition) is 4. The van der Waals surface area contributed by atoms with E-state index in [1.54, 1.807) is 30.5 Å². The minimum Gasteiger partial charge on any atom is -0.355 e. The highest BCUT2D eigenvalue weighted by molar-refractivity contribution is 6.10. The van der Waals surface area contributed by atoms with E-state index in [1.807, 2.05) is 46.8 Å². The quantitative estimate of drug-likeness (QED) is 0.153. The van der Waals surface area contributed by atoms with Crippen LogP contribution in [-0.4, -0.2) is 45.6 Å². The fraction of sp³-hybridized carbons (Fsp3) is 0.367. The number of rotatable bonds is 11. The maximum absolute atomic E-state index is 12.9. The Labute approximate surface area is 239 Å². The number of aromatic nitrogens is 3. The molecule has 11 nitrogen and oxygen atoms in total. The molecule has 2 aromatic heterocycles. The van der Waals surface area contributed by atoms with Crippen molar-refractivity contribution in [3.05, 3.63) is 53.4 Å². The molecular weight excluding hydrogens is 520 g/mol. The number of anilines is 2. The van der Waals surface area contributed by atoms with Crippen LogP contribution in [0.4, 0.5) is 11.5 Å². The zero-order valence-electron chi connectivity index (χ0n) is 23.9. The first kappa shape index (κ1) is 30.5. The van der Waals surface area contributed by atoms with E-state index in [2.05, 4.69) is 30.9 Å². The van der Waals surface area contributed by atoms with Crippen molar-refractivity contribution in [1.82, 2.24) is 25.6 Å². The van der Waals surface area contributed by atoms with Gasteiger partial charge in [-0.15, -0.1) is 0 Å². The normalized spacial score (nSPS) is 12.5. The Balaban J connectivity index is 1.99. The highest BCUT2D eigenvalue weighted by atomic mass is 16.2. The number of Topliss-reactive ketones (excluding diaryl/α,β-unsaturated/α-hetero) is 1. The van der Waals surface area contributed by atoms with Gasteiger partial charge in [0.25, 0.3) is 5.91 Å². The van der Waals surface area contributed by atoms with Gasteiger partial charge in [-0.2, -0.15) is 10.5 Å². The molecule has 1 atom stereocenters. The molecule has 11 heteroatoms. The number of benzene rings is 1. The molecule has 212 valence electrons. The van der Waals surface area contributed by atoms with Crippen LogP contribution >= 0.6 is 0 Å². The van der Waals surface area contributed by atoms with Crippen LogP contribution in [0.5, 0.6) is 0 Å². The zero-order valence-corrected chi connectivity index (χ0v) is 23.9. The lowest BCUT2D eigenvalue weighted by Crippen LogP contribution is -2.33. The fourth-order valence-corrected chi connectivity index (χ4v) is 4.03. The molecule has 1 aromatic carbocycles. The molecule has 0 bridgehead atoms. The van der Waals surface area contributed by atoms with E-state index in [0.717, 1.165) is 0 Å². The van der Waals surface area contributed by atoms with Crippen LogP contribution in [0.1, 0.15) is 63.4 Å². The fourth-order valence-electron chi connectivity index (χ4n) is 4.03. The van der Waals surface area contributed by atoms with Crippen molar-refractivity contribution in [2.24, 2.45) is 11.3 Å². The number of hydrogen-bond acceptors (Lipinski definition) is 8. The van der Waals surface area contributed by atoms with Crippen LogP contribution in [0.15, 0.2) is 42.2 Å². The second kappa shape index (κ2) is 13.4. The molecule has 3 aromatic rings. The molecular formula is C30H34N8O3. The third-order valence-electron chi connectivity index (χ3n) is 6.15. The minimum atomic E-state index is -1.37. The molecule has 0 spiro atoms. The van der Waals surface area contributed by atoms with E-state index in [4.69, 9.17) is 0 Å². The highest BCUT2D eigenvalue weighted by Gasteiger charge is 2.30. The Bertz CT molecular complexity index is 1550.